The number of sulfonamides is 1. The number of rotatable bonds is 7. The van der Waals surface area contributed by atoms with Gasteiger partial charge in [-0.15, -0.1) is 0 Å². The van der Waals surface area contributed by atoms with Crippen molar-refractivity contribution in [3.05, 3.63) is 48.2 Å². The highest BCUT2D eigenvalue weighted by molar-refractivity contribution is 7.89. The van der Waals surface area contributed by atoms with E-state index in [9.17, 15) is 13.2 Å². The smallest absolute Gasteiger partial charge is 0.241 e. The van der Waals surface area contributed by atoms with Crippen molar-refractivity contribution in [3.63, 3.8) is 0 Å². The van der Waals surface area contributed by atoms with E-state index in [0.29, 0.717) is 18.7 Å². The first kappa shape index (κ1) is 18.9. The summed E-state index contributed by atoms with van der Waals surface area (Å²) in [6.07, 6.45) is 1.94. The molecule has 0 unspecified atom stereocenters. The third-order valence-corrected chi connectivity index (χ3v) is 4.28. The highest BCUT2D eigenvalue weighted by Gasteiger charge is 2.14. The largest absolute Gasteiger partial charge is 0.365 e. The summed E-state index contributed by atoms with van der Waals surface area (Å²) in [5.74, 6) is 0.436. The zero-order chi connectivity index (χ0) is 18.4. The summed E-state index contributed by atoms with van der Waals surface area (Å²) in [6, 6.07) is 10.2. The average Bonchev–Trinajstić information content (AvgIpc) is 2.52. The molecular formula is C17H22N4O3S. The van der Waals surface area contributed by atoms with Crippen LogP contribution in [0.2, 0.25) is 0 Å². The Balaban J connectivity index is 2.08. The molecule has 0 bridgehead atoms. The number of hydrogen-bond acceptors (Lipinski definition) is 5. The fourth-order valence-corrected chi connectivity index (χ4v) is 2.94. The molecule has 25 heavy (non-hydrogen) atoms. The highest BCUT2D eigenvalue weighted by atomic mass is 32.2. The van der Waals surface area contributed by atoms with Crippen LogP contribution in [0.3, 0.4) is 0 Å². The standard InChI is InChI=1S/C17H22N4O3S/c1-12(2)9-16(22)21-14-6-3-5-13(10-14)11-20-17-15(25(18,23)24)7-4-8-19-17/h3-8,10,12H,9,11H2,1-2H3,(H,19,20)(H,21,22)(H2,18,23,24). The van der Waals surface area contributed by atoms with Gasteiger partial charge < -0.3 is 10.6 Å². The van der Waals surface area contributed by atoms with E-state index in [-0.39, 0.29) is 22.5 Å². The lowest BCUT2D eigenvalue weighted by molar-refractivity contribution is -0.116. The van der Waals surface area contributed by atoms with Crippen LogP contribution >= 0.6 is 0 Å². The summed E-state index contributed by atoms with van der Waals surface area (Å²) in [6.45, 7) is 4.30. The molecule has 8 heteroatoms. The molecule has 0 saturated heterocycles. The van der Waals surface area contributed by atoms with Gasteiger partial charge in [0.05, 0.1) is 0 Å². The van der Waals surface area contributed by atoms with Gasteiger partial charge >= 0.3 is 0 Å². The summed E-state index contributed by atoms with van der Waals surface area (Å²) in [5, 5.41) is 11.0. The lowest BCUT2D eigenvalue weighted by atomic mass is 10.1. The van der Waals surface area contributed by atoms with Gasteiger partial charge in [0.25, 0.3) is 0 Å². The second-order valence-corrected chi connectivity index (χ2v) is 7.63. The molecule has 2 aromatic rings. The molecule has 0 fully saturated rings. The van der Waals surface area contributed by atoms with Crippen molar-refractivity contribution in [2.24, 2.45) is 11.1 Å². The maximum atomic E-state index is 11.9. The van der Waals surface area contributed by atoms with E-state index in [1.165, 1.54) is 18.3 Å². The lowest BCUT2D eigenvalue weighted by Gasteiger charge is -2.11. The molecule has 0 atom stereocenters. The maximum Gasteiger partial charge on any atom is 0.241 e. The van der Waals surface area contributed by atoms with Crippen LogP contribution in [0.15, 0.2) is 47.5 Å². The summed E-state index contributed by atoms with van der Waals surface area (Å²) >= 11 is 0. The minimum Gasteiger partial charge on any atom is -0.365 e. The molecule has 1 amide bonds. The Morgan fingerprint density at radius 2 is 2.00 bits per heavy atom. The van der Waals surface area contributed by atoms with Crippen molar-refractivity contribution in [1.82, 2.24) is 4.98 Å². The van der Waals surface area contributed by atoms with Crippen LogP contribution in [0.5, 0.6) is 0 Å². The van der Waals surface area contributed by atoms with Crippen molar-refractivity contribution in [3.8, 4) is 0 Å². The number of hydrogen-bond donors (Lipinski definition) is 3. The maximum absolute atomic E-state index is 11.9. The minimum atomic E-state index is -3.86. The van der Waals surface area contributed by atoms with Gasteiger partial charge in [0.1, 0.15) is 10.7 Å². The number of primary sulfonamides is 1. The van der Waals surface area contributed by atoms with E-state index in [1.807, 2.05) is 32.0 Å². The summed E-state index contributed by atoms with van der Waals surface area (Å²) in [4.78, 5) is 15.8. The molecule has 0 aliphatic rings. The van der Waals surface area contributed by atoms with Gasteiger partial charge in [0.2, 0.25) is 15.9 Å². The number of anilines is 2. The molecule has 0 aliphatic carbocycles. The molecule has 0 radical (unpaired) electrons. The molecule has 0 spiro atoms. The van der Waals surface area contributed by atoms with E-state index in [0.717, 1.165) is 5.56 Å². The number of carbonyl (C=O) groups excluding carboxylic acids is 1. The van der Waals surface area contributed by atoms with Crippen LogP contribution in [0.1, 0.15) is 25.8 Å². The Bertz CT molecular complexity index is 850. The van der Waals surface area contributed by atoms with Crippen molar-refractivity contribution < 1.29 is 13.2 Å². The number of pyridine rings is 1. The molecule has 134 valence electrons. The normalized spacial score (nSPS) is 11.4. The Labute approximate surface area is 147 Å². The van der Waals surface area contributed by atoms with Gasteiger partial charge in [-0.2, -0.15) is 0 Å². The van der Waals surface area contributed by atoms with Crippen molar-refractivity contribution in [2.75, 3.05) is 10.6 Å². The monoisotopic (exact) mass is 362 g/mol. The van der Waals surface area contributed by atoms with Crippen molar-refractivity contribution in [1.29, 1.82) is 0 Å². The Kier molecular flexibility index (Phi) is 6.11. The van der Waals surface area contributed by atoms with Gasteiger partial charge in [-0.1, -0.05) is 26.0 Å². The summed E-state index contributed by atoms with van der Waals surface area (Å²) < 4.78 is 23.2. The predicted octanol–water partition coefficient (Wildman–Crippen LogP) is 2.33. The molecule has 0 aliphatic heterocycles. The van der Waals surface area contributed by atoms with Crippen LogP contribution in [-0.2, 0) is 21.4 Å². The lowest BCUT2D eigenvalue weighted by Crippen LogP contribution is -2.16. The van der Waals surface area contributed by atoms with Gasteiger partial charge in [-0.3, -0.25) is 4.79 Å². The quantitative estimate of drug-likeness (QED) is 0.699. The first-order valence-corrected chi connectivity index (χ1v) is 9.41. The molecule has 7 nitrogen and oxygen atoms in total. The summed E-state index contributed by atoms with van der Waals surface area (Å²) in [5.41, 5.74) is 1.56. The Morgan fingerprint density at radius 3 is 2.68 bits per heavy atom. The summed E-state index contributed by atoms with van der Waals surface area (Å²) in [7, 11) is -3.86. The zero-order valence-corrected chi connectivity index (χ0v) is 15.0. The van der Waals surface area contributed by atoms with Gasteiger partial charge in [0.15, 0.2) is 0 Å². The molecule has 4 N–H and O–H groups in total. The van der Waals surface area contributed by atoms with Gasteiger partial charge in [-0.05, 0) is 35.7 Å². The third kappa shape index (κ3) is 5.84. The first-order valence-electron chi connectivity index (χ1n) is 7.86. The molecule has 1 aromatic heterocycles. The average molecular weight is 362 g/mol. The predicted molar refractivity (Wildman–Crippen MR) is 97.5 cm³/mol. The topological polar surface area (TPSA) is 114 Å². The third-order valence-electron chi connectivity index (χ3n) is 3.34. The fourth-order valence-electron chi connectivity index (χ4n) is 2.28. The first-order chi connectivity index (χ1) is 11.8. The Hall–Kier alpha value is -2.45. The van der Waals surface area contributed by atoms with Crippen molar-refractivity contribution >= 4 is 27.4 Å². The van der Waals surface area contributed by atoms with Gasteiger partial charge in [0, 0.05) is 24.8 Å². The Morgan fingerprint density at radius 1 is 1.24 bits per heavy atom. The number of benzene rings is 1. The molecule has 0 saturated carbocycles. The number of nitrogens with zero attached hydrogens (tertiary/aromatic N) is 1. The van der Waals surface area contributed by atoms with E-state index in [2.05, 4.69) is 15.6 Å². The van der Waals surface area contributed by atoms with Gasteiger partial charge in [-0.25, -0.2) is 18.5 Å². The van der Waals surface area contributed by atoms with Crippen LogP contribution in [0, 0.1) is 5.92 Å². The number of nitrogens with two attached hydrogens (primary N) is 1. The molecular weight excluding hydrogens is 340 g/mol. The van der Waals surface area contributed by atoms with Crippen LogP contribution in [0.4, 0.5) is 11.5 Å². The van der Waals surface area contributed by atoms with Crippen LogP contribution < -0.4 is 15.8 Å². The van der Waals surface area contributed by atoms with E-state index >= 15 is 0 Å². The number of nitrogens with one attached hydrogen (secondary N) is 2. The minimum absolute atomic E-state index is 0.0404. The SMILES string of the molecule is CC(C)CC(=O)Nc1cccc(CNc2ncccc2S(N)(=O)=O)c1. The van der Waals surface area contributed by atoms with E-state index < -0.39 is 10.0 Å². The number of carbonyl (C=O) groups is 1. The number of amides is 1. The zero-order valence-electron chi connectivity index (χ0n) is 14.2. The second-order valence-electron chi connectivity index (χ2n) is 6.10. The second kappa shape index (κ2) is 8.09. The van der Waals surface area contributed by atoms with Crippen LogP contribution in [0.25, 0.3) is 0 Å². The molecule has 1 aromatic carbocycles. The van der Waals surface area contributed by atoms with E-state index in [4.69, 9.17) is 5.14 Å². The van der Waals surface area contributed by atoms with E-state index in [1.54, 1.807) is 6.07 Å². The fraction of sp³-hybridized carbons (Fsp3) is 0.294. The molecule has 2 rings (SSSR count). The molecule has 1 heterocycles. The van der Waals surface area contributed by atoms with Crippen LogP contribution in [-0.4, -0.2) is 19.3 Å². The van der Waals surface area contributed by atoms with Crippen molar-refractivity contribution in [2.45, 2.75) is 31.7 Å². The highest BCUT2D eigenvalue weighted by Crippen LogP contribution is 2.18. The number of aromatic nitrogens is 1.